The lowest BCUT2D eigenvalue weighted by atomic mass is 10.1. The topological polar surface area (TPSA) is 59.1 Å². The quantitative estimate of drug-likeness (QED) is 0.579. The summed E-state index contributed by atoms with van der Waals surface area (Å²) in [5.41, 5.74) is 1.23. The standard InChI is InChI=1S/C20H19F3N4O/c1-3-13-8-10-14(11-9-13)25-19-24-12-15(20(21,22)23)18(27-19)26-16-6-4-5-7-17(16)28-2/h4-12H,3H2,1-2H3,(H2,24,25,26,27). The molecule has 5 nitrogen and oxygen atoms in total. The minimum atomic E-state index is -4.61. The Balaban J connectivity index is 1.94. The number of ether oxygens (including phenoxy) is 1. The molecule has 2 aromatic carbocycles. The molecule has 1 aromatic heterocycles. The lowest BCUT2D eigenvalue weighted by molar-refractivity contribution is -0.137. The zero-order valence-corrected chi connectivity index (χ0v) is 15.3. The normalized spacial score (nSPS) is 11.2. The second-order valence-corrected chi connectivity index (χ2v) is 5.95. The molecule has 0 aliphatic heterocycles. The lowest BCUT2D eigenvalue weighted by Crippen LogP contribution is -2.13. The van der Waals surface area contributed by atoms with Crippen LogP contribution in [0.5, 0.6) is 5.75 Å². The van der Waals surface area contributed by atoms with Gasteiger partial charge >= 0.3 is 6.18 Å². The van der Waals surface area contributed by atoms with Crippen LogP contribution in [0.3, 0.4) is 0 Å². The molecule has 3 rings (SSSR count). The van der Waals surface area contributed by atoms with Gasteiger partial charge in [-0.2, -0.15) is 18.2 Å². The van der Waals surface area contributed by atoms with Gasteiger partial charge in [0.25, 0.3) is 0 Å². The van der Waals surface area contributed by atoms with E-state index in [0.717, 1.165) is 18.2 Å². The summed E-state index contributed by atoms with van der Waals surface area (Å²) in [6.07, 6.45) is -2.96. The summed E-state index contributed by atoms with van der Waals surface area (Å²) in [6.45, 7) is 2.04. The fourth-order valence-electron chi connectivity index (χ4n) is 2.57. The molecule has 0 spiro atoms. The van der Waals surface area contributed by atoms with Crippen LogP contribution < -0.4 is 15.4 Å². The van der Waals surface area contributed by atoms with E-state index in [0.29, 0.717) is 17.1 Å². The number of para-hydroxylation sites is 2. The van der Waals surface area contributed by atoms with E-state index >= 15 is 0 Å². The molecular weight excluding hydrogens is 369 g/mol. The van der Waals surface area contributed by atoms with Crippen molar-refractivity contribution in [2.75, 3.05) is 17.7 Å². The van der Waals surface area contributed by atoms with Crippen molar-refractivity contribution >= 4 is 23.1 Å². The van der Waals surface area contributed by atoms with Gasteiger partial charge in [-0.05, 0) is 36.2 Å². The Hall–Kier alpha value is -3.29. The molecule has 0 atom stereocenters. The van der Waals surface area contributed by atoms with Crippen LogP contribution in [-0.2, 0) is 12.6 Å². The van der Waals surface area contributed by atoms with E-state index in [4.69, 9.17) is 4.74 Å². The highest BCUT2D eigenvalue weighted by molar-refractivity contribution is 5.67. The number of alkyl halides is 3. The van der Waals surface area contributed by atoms with E-state index in [9.17, 15) is 13.2 Å². The average molecular weight is 388 g/mol. The number of rotatable bonds is 6. The van der Waals surface area contributed by atoms with E-state index in [2.05, 4.69) is 20.6 Å². The number of benzene rings is 2. The van der Waals surface area contributed by atoms with Gasteiger partial charge in [-0.3, -0.25) is 0 Å². The number of halogens is 3. The first-order valence-corrected chi connectivity index (χ1v) is 8.61. The van der Waals surface area contributed by atoms with E-state index in [-0.39, 0.29) is 11.8 Å². The number of hydrogen-bond acceptors (Lipinski definition) is 5. The Morgan fingerprint density at radius 2 is 1.71 bits per heavy atom. The van der Waals surface area contributed by atoms with Crippen LogP contribution in [0.2, 0.25) is 0 Å². The molecule has 0 radical (unpaired) electrons. The van der Waals surface area contributed by atoms with Crippen LogP contribution in [0.15, 0.2) is 54.7 Å². The lowest BCUT2D eigenvalue weighted by Gasteiger charge is -2.16. The summed E-state index contributed by atoms with van der Waals surface area (Å²) in [4.78, 5) is 7.85. The predicted octanol–water partition coefficient (Wildman–Crippen LogP) is 5.55. The van der Waals surface area contributed by atoms with Gasteiger partial charge in [0.15, 0.2) is 0 Å². The maximum Gasteiger partial charge on any atom is 0.421 e. The van der Waals surface area contributed by atoms with E-state index in [1.807, 2.05) is 31.2 Å². The second-order valence-electron chi connectivity index (χ2n) is 5.95. The second kappa shape index (κ2) is 8.16. The molecule has 146 valence electrons. The number of methoxy groups -OCH3 is 1. The molecule has 0 fully saturated rings. The minimum absolute atomic E-state index is 0.0506. The summed E-state index contributed by atoms with van der Waals surface area (Å²) in [5.74, 6) is 0.0909. The van der Waals surface area contributed by atoms with Gasteiger partial charge in [0.1, 0.15) is 17.1 Å². The highest BCUT2D eigenvalue weighted by Crippen LogP contribution is 2.36. The number of aryl methyl sites for hydroxylation is 1. The van der Waals surface area contributed by atoms with Crippen LogP contribution in [0.1, 0.15) is 18.1 Å². The number of aromatic nitrogens is 2. The summed E-state index contributed by atoms with van der Waals surface area (Å²) in [7, 11) is 1.44. The van der Waals surface area contributed by atoms with Crippen molar-refractivity contribution in [3.8, 4) is 5.75 Å². The average Bonchev–Trinajstić information content (AvgIpc) is 2.68. The van der Waals surface area contributed by atoms with Gasteiger partial charge in [0.05, 0.1) is 12.8 Å². The molecule has 3 aromatic rings. The van der Waals surface area contributed by atoms with Crippen molar-refractivity contribution in [2.45, 2.75) is 19.5 Å². The van der Waals surface area contributed by atoms with Crippen LogP contribution >= 0.6 is 0 Å². The summed E-state index contributed by atoms with van der Waals surface area (Å²) in [5, 5.41) is 5.63. The Kier molecular flexibility index (Phi) is 5.67. The predicted molar refractivity (Wildman–Crippen MR) is 102 cm³/mol. The molecule has 0 unspecified atom stereocenters. The zero-order chi connectivity index (χ0) is 20.1. The first-order chi connectivity index (χ1) is 13.4. The molecule has 0 saturated carbocycles. The monoisotopic (exact) mass is 388 g/mol. The van der Waals surface area contributed by atoms with E-state index in [1.54, 1.807) is 24.3 Å². The first-order valence-electron chi connectivity index (χ1n) is 8.61. The SMILES string of the molecule is CCc1ccc(Nc2ncc(C(F)(F)F)c(Nc3ccccc3OC)n2)cc1. The maximum absolute atomic E-state index is 13.4. The molecule has 2 N–H and O–H groups in total. The van der Waals surface area contributed by atoms with Gasteiger partial charge < -0.3 is 15.4 Å². The Morgan fingerprint density at radius 3 is 2.36 bits per heavy atom. The van der Waals surface area contributed by atoms with Gasteiger partial charge in [-0.15, -0.1) is 0 Å². The highest BCUT2D eigenvalue weighted by Gasteiger charge is 2.35. The van der Waals surface area contributed by atoms with Crippen LogP contribution in [0, 0.1) is 0 Å². The van der Waals surface area contributed by atoms with Gasteiger partial charge in [-0.25, -0.2) is 4.98 Å². The van der Waals surface area contributed by atoms with Gasteiger partial charge in [-0.1, -0.05) is 31.2 Å². The number of nitrogens with zero attached hydrogens (tertiary/aromatic N) is 2. The first kappa shape index (κ1) is 19.5. The third-order valence-corrected chi connectivity index (χ3v) is 4.07. The molecule has 0 saturated heterocycles. The molecule has 0 amide bonds. The summed E-state index contributed by atoms with van der Waals surface area (Å²) < 4.78 is 45.4. The third-order valence-electron chi connectivity index (χ3n) is 4.07. The fourth-order valence-corrected chi connectivity index (χ4v) is 2.57. The van der Waals surface area contributed by atoms with Crippen molar-refractivity contribution in [3.05, 3.63) is 65.9 Å². The van der Waals surface area contributed by atoms with E-state index < -0.39 is 11.7 Å². The number of hydrogen-bond donors (Lipinski definition) is 2. The largest absolute Gasteiger partial charge is 0.495 e. The van der Waals surface area contributed by atoms with Crippen molar-refractivity contribution in [2.24, 2.45) is 0 Å². The molecule has 28 heavy (non-hydrogen) atoms. The van der Waals surface area contributed by atoms with E-state index in [1.165, 1.54) is 7.11 Å². The maximum atomic E-state index is 13.4. The highest BCUT2D eigenvalue weighted by atomic mass is 19.4. The van der Waals surface area contributed by atoms with Crippen LogP contribution in [0.25, 0.3) is 0 Å². The van der Waals surface area contributed by atoms with Gasteiger partial charge in [0, 0.05) is 11.9 Å². The minimum Gasteiger partial charge on any atom is -0.495 e. The summed E-state index contributed by atoms with van der Waals surface area (Å²) >= 11 is 0. The van der Waals surface area contributed by atoms with Crippen molar-refractivity contribution in [3.63, 3.8) is 0 Å². The van der Waals surface area contributed by atoms with Crippen molar-refractivity contribution < 1.29 is 17.9 Å². The van der Waals surface area contributed by atoms with Crippen molar-refractivity contribution in [1.82, 2.24) is 9.97 Å². The van der Waals surface area contributed by atoms with Gasteiger partial charge in [0.2, 0.25) is 5.95 Å². The Bertz CT molecular complexity index is 943. The number of anilines is 4. The Morgan fingerprint density at radius 1 is 1.00 bits per heavy atom. The third kappa shape index (κ3) is 4.51. The smallest absolute Gasteiger partial charge is 0.421 e. The van der Waals surface area contributed by atoms with Crippen LogP contribution in [0.4, 0.5) is 36.3 Å². The molecular formula is C20H19F3N4O. The molecule has 0 aliphatic carbocycles. The molecule has 0 bridgehead atoms. The fraction of sp³-hybridized carbons (Fsp3) is 0.200. The Labute approximate surface area is 160 Å². The van der Waals surface area contributed by atoms with Crippen LogP contribution in [-0.4, -0.2) is 17.1 Å². The zero-order valence-electron chi connectivity index (χ0n) is 15.3. The molecule has 1 heterocycles. The molecule has 0 aliphatic rings. The number of nitrogens with one attached hydrogen (secondary N) is 2. The summed E-state index contributed by atoms with van der Waals surface area (Å²) in [6, 6.07) is 14.2. The molecule has 8 heteroatoms. The van der Waals surface area contributed by atoms with Crippen molar-refractivity contribution in [1.29, 1.82) is 0 Å².